The topological polar surface area (TPSA) is 15.3 Å². The Hall–Kier alpha value is -0.0800. The fourth-order valence-corrected chi connectivity index (χ4v) is 3.88. The second-order valence-electron chi connectivity index (χ2n) is 7.26. The van der Waals surface area contributed by atoms with Crippen LogP contribution in [0.4, 0.5) is 0 Å². The monoisotopic (exact) mass is 266 g/mol. The minimum Gasteiger partial charge on any atom is -0.313 e. The summed E-state index contributed by atoms with van der Waals surface area (Å²) in [6.45, 7) is 9.90. The number of nitrogens with one attached hydrogen (secondary N) is 1. The summed E-state index contributed by atoms with van der Waals surface area (Å²) in [7, 11) is 0. The Morgan fingerprint density at radius 1 is 0.947 bits per heavy atom. The van der Waals surface area contributed by atoms with Crippen LogP contribution >= 0.6 is 0 Å². The molecule has 1 aliphatic heterocycles. The largest absolute Gasteiger partial charge is 0.313 e. The SMILES string of the molecule is CC(C)CN(CC1CCCCCC1)CC1CCCN1. The van der Waals surface area contributed by atoms with Gasteiger partial charge in [-0.3, -0.25) is 0 Å². The fraction of sp³-hybridized carbons (Fsp3) is 1.00. The molecule has 1 N–H and O–H groups in total. The number of hydrogen-bond acceptors (Lipinski definition) is 2. The fourth-order valence-electron chi connectivity index (χ4n) is 3.88. The molecule has 2 fully saturated rings. The summed E-state index contributed by atoms with van der Waals surface area (Å²) < 4.78 is 0. The first kappa shape index (κ1) is 15.3. The van der Waals surface area contributed by atoms with Crippen molar-refractivity contribution in [1.82, 2.24) is 10.2 Å². The van der Waals surface area contributed by atoms with E-state index >= 15 is 0 Å². The molecule has 0 amide bonds. The highest BCUT2D eigenvalue weighted by atomic mass is 15.2. The predicted octanol–water partition coefficient (Wildman–Crippen LogP) is 3.67. The van der Waals surface area contributed by atoms with Crippen molar-refractivity contribution < 1.29 is 0 Å². The van der Waals surface area contributed by atoms with Gasteiger partial charge in [-0.05, 0) is 44.1 Å². The van der Waals surface area contributed by atoms with Gasteiger partial charge in [0.25, 0.3) is 0 Å². The maximum Gasteiger partial charge on any atom is 0.0195 e. The van der Waals surface area contributed by atoms with E-state index in [0.717, 1.165) is 17.9 Å². The van der Waals surface area contributed by atoms with E-state index in [-0.39, 0.29) is 0 Å². The molecular formula is C17H34N2. The highest BCUT2D eigenvalue weighted by molar-refractivity contribution is 4.80. The Morgan fingerprint density at radius 2 is 1.68 bits per heavy atom. The summed E-state index contributed by atoms with van der Waals surface area (Å²) in [6.07, 6.45) is 11.6. The van der Waals surface area contributed by atoms with Crippen LogP contribution in [0.5, 0.6) is 0 Å². The van der Waals surface area contributed by atoms with E-state index in [1.807, 2.05) is 0 Å². The van der Waals surface area contributed by atoms with E-state index < -0.39 is 0 Å². The third kappa shape index (κ3) is 5.83. The minimum absolute atomic E-state index is 0.768. The normalized spacial score (nSPS) is 26.2. The molecule has 0 radical (unpaired) electrons. The third-order valence-electron chi connectivity index (χ3n) is 4.76. The quantitative estimate of drug-likeness (QED) is 0.738. The van der Waals surface area contributed by atoms with Crippen LogP contribution in [0.3, 0.4) is 0 Å². The van der Waals surface area contributed by atoms with E-state index in [2.05, 4.69) is 24.1 Å². The lowest BCUT2D eigenvalue weighted by atomic mass is 9.99. The van der Waals surface area contributed by atoms with Gasteiger partial charge in [-0.25, -0.2) is 0 Å². The van der Waals surface area contributed by atoms with Gasteiger partial charge in [-0.1, -0.05) is 39.5 Å². The molecule has 2 heteroatoms. The minimum atomic E-state index is 0.768. The molecule has 0 aromatic rings. The van der Waals surface area contributed by atoms with Gasteiger partial charge in [-0.15, -0.1) is 0 Å². The summed E-state index contributed by atoms with van der Waals surface area (Å²) in [5, 5.41) is 3.67. The average molecular weight is 266 g/mol. The van der Waals surface area contributed by atoms with Crippen LogP contribution in [0.25, 0.3) is 0 Å². The summed E-state index contributed by atoms with van der Waals surface area (Å²) in [5.41, 5.74) is 0. The van der Waals surface area contributed by atoms with Gasteiger partial charge in [0.05, 0.1) is 0 Å². The molecule has 0 aromatic carbocycles. The van der Waals surface area contributed by atoms with Gasteiger partial charge < -0.3 is 10.2 Å². The van der Waals surface area contributed by atoms with E-state index in [0.29, 0.717) is 0 Å². The average Bonchev–Trinajstić information content (AvgIpc) is 2.72. The van der Waals surface area contributed by atoms with Gasteiger partial charge in [0.15, 0.2) is 0 Å². The third-order valence-corrected chi connectivity index (χ3v) is 4.76. The lowest BCUT2D eigenvalue weighted by molar-refractivity contribution is 0.184. The summed E-state index contributed by atoms with van der Waals surface area (Å²) >= 11 is 0. The zero-order chi connectivity index (χ0) is 13.5. The first-order valence-electron chi connectivity index (χ1n) is 8.70. The van der Waals surface area contributed by atoms with Gasteiger partial charge in [0, 0.05) is 25.7 Å². The van der Waals surface area contributed by atoms with E-state index in [1.54, 1.807) is 0 Å². The molecule has 1 heterocycles. The molecule has 1 saturated carbocycles. The molecule has 2 nitrogen and oxygen atoms in total. The zero-order valence-corrected chi connectivity index (χ0v) is 13.2. The standard InChI is InChI=1S/C17H34N2/c1-15(2)12-19(14-17-10-7-11-18-17)13-16-8-5-3-4-6-9-16/h15-18H,3-14H2,1-2H3. The Labute approximate surface area is 120 Å². The smallest absolute Gasteiger partial charge is 0.0195 e. The van der Waals surface area contributed by atoms with Crippen molar-refractivity contribution in [2.24, 2.45) is 11.8 Å². The molecule has 0 bridgehead atoms. The molecule has 1 unspecified atom stereocenters. The lowest BCUT2D eigenvalue weighted by Crippen LogP contribution is -2.41. The van der Waals surface area contributed by atoms with Crippen molar-refractivity contribution in [1.29, 1.82) is 0 Å². The maximum absolute atomic E-state index is 3.67. The Kier molecular flexibility index (Phi) is 6.66. The van der Waals surface area contributed by atoms with Crippen molar-refractivity contribution in [3.63, 3.8) is 0 Å². The molecule has 2 rings (SSSR count). The maximum atomic E-state index is 3.67. The number of hydrogen-bond donors (Lipinski definition) is 1. The summed E-state index contributed by atoms with van der Waals surface area (Å²) in [6, 6.07) is 0.768. The first-order chi connectivity index (χ1) is 9.24. The van der Waals surface area contributed by atoms with Crippen LogP contribution in [-0.2, 0) is 0 Å². The van der Waals surface area contributed by atoms with Gasteiger partial charge in [0.1, 0.15) is 0 Å². The summed E-state index contributed by atoms with van der Waals surface area (Å²) in [5.74, 6) is 1.77. The van der Waals surface area contributed by atoms with Gasteiger partial charge >= 0.3 is 0 Å². The highest BCUT2D eigenvalue weighted by Gasteiger charge is 2.21. The van der Waals surface area contributed by atoms with Crippen LogP contribution in [0.1, 0.15) is 65.2 Å². The first-order valence-corrected chi connectivity index (χ1v) is 8.70. The van der Waals surface area contributed by atoms with Crippen molar-refractivity contribution in [3.8, 4) is 0 Å². The molecule has 19 heavy (non-hydrogen) atoms. The molecular weight excluding hydrogens is 232 g/mol. The second kappa shape index (κ2) is 8.26. The van der Waals surface area contributed by atoms with Crippen LogP contribution in [0.2, 0.25) is 0 Å². The van der Waals surface area contributed by atoms with Crippen LogP contribution in [-0.4, -0.2) is 37.1 Å². The highest BCUT2D eigenvalue weighted by Crippen LogP contribution is 2.24. The molecule has 1 atom stereocenters. The number of rotatable bonds is 6. The Morgan fingerprint density at radius 3 is 2.26 bits per heavy atom. The molecule has 2 aliphatic rings. The van der Waals surface area contributed by atoms with Crippen LogP contribution in [0.15, 0.2) is 0 Å². The zero-order valence-electron chi connectivity index (χ0n) is 13.2. The molecule has 112 valence electrons. The molecule has 1 aliphatic carbocycles. The second-order valence-corrected chi connectivity index (χ2v) is 7.26. The van der Waals surface area contributed by atoms with Crippen molar-refractivity contribution in [3.05, 3.63) is 0 Å². The lowest BCUT2D eigenvalue weighted by Gasteiger charge is -2.30. The van der Waals surface area contributed by atoms with E-state index in [1.165, 1.54) is 77.5 Å². The molecule has 0 spiro atoms. The van der Waals surface area contributed by atoms with E-state index in [9.17, 15) is 0 Å². The molecule has 0 aromatic heterocycles. The van der Waals surface area contributed by atoms with Gasteiger partial charge in [0.2, 0.25) is 0 Å². The van der Waals surface area contributed by atoms with E-state index in [4.69, 9.17) is 0 Å². The van der Waals surface area contributed by atoms with Crippen LogP contribution in [0, 0.1) is 11.8 Å². The summed E-state index contributed by atoms with van der Waals surface area (Å²) in [4.78, 5) is 2.77. The van der Waals surface area contributed by atoms with Crippen molar-refractivity contribution in [2.75, 3.05) is 26.2 Å². The predicted molar refractivity (Wildman–Crippen MR) is 83.5 cm³/mol. The van der Waals surface area contributed by atoms with Crippen molar-refractivity contribution >= 4 is 0 Å². The van der Waals surface area contributed by atoms with Crippen LogP contribution < -0.4 is 5.32 Å². The van der Waals surface area contributed by atoms with Gasteiger partial charge in [-0.2, -0.15) is 0 Å². The Balaban J connectivity index is 1.80. The number of nitrogens with zero attached hydrogens (tertiary/aromatic N) is 1. The molecule has 1 saturated heterocycles. The Bertz CT molecular complexity index is 225. The van der Waals surface area contributed by atoms with Crippen molar-refractivity contribution in [2.45, 2.75) is 71.3 Å².